The Hall–Kier alpha value is -3.79. The van der Waals surface area contributed by atoms with Gasteiger partial charge in [0.1, 0.15) is 6.61 Å². The number of benzene rings is 2. The molecule has 2 aliphatic heterocycles. The maximum Gasteiger partial charge on any atom is 0.338 e. The maximum absolute atomic E-state index is 12.8. The number of hydrogen-bond acceptors (Lipinski definition) is 7. The van der Waals surface area contributed by atoms with E-state index in [1.165, 1.54) is 11.8 Å². The van der Waals surface area contributed by atoms with Crippen LogP contribution in [0.25, 0.3) is 0 Å². The number of thioether (sulfide) groups is 1. The first-order chi connectivity index (χ1) is 16.4. The lowest BCUT2D eigenvalue weighted by Crippen LogP contribution is -2.47. The Morgan fingerprint density at radius 3 is 2.50 bits per heavy atom. The lowest BCUT2D eigenvalue weighted by Gasteiger charge is -2.29. The van der Waals surface area contributed by atoms with E-state index in [0.29, 0.717) is 11.3 Å². The van der Waals surface area contributed by atoms with Crippen LogP contribution in [0.2, 0.25) is 0 Å². The molecular formula is C24H23N3O6S. The summed E-state index contributed by atoms with van der Waals surface area (Å²) in [6.45, 7) is 3.27. The van der Waals surface area contributed by atoms with E-state index in [-0.39, 0.29) is 41.2 Å². The lowest BCUT2D eigenvalue weighted by molar-refractivity contribution is -0.139. The molecule has 0 aliphatic carbocycles. The molecule has 3 amide bonds. The number of esters is 2. The molecule has 2 aromatic rings. The zero-order valence-electron chi connectivity index (χ0n) is 18.5. The third kappa shape index (κ3) is 4.91. The quantitative estimate of drug-likeness (QED) is 0.542. The molecule has 4 rings (SSSR count). The van der Waals surface area contributed by atoms with Crippen LogP contribution in [0.5, 0.6) is 0 Å². The van der Waals surface area contributed by atoms with E-state index in [9.17, 15) is 19.2 Å². The van der Waals surface area contributed by atoms with Gasteiger partial charge in [-0.05, 0) is 37.6 Å². The number of carbonyl (C=O) groups excluding carboxylic acids is 4. The van der Waals surface area contributed by atoms with Crippen LogP contribution in [0.1, 0.15) is 35.8 Å². The molecule has 0 fully saturated rings. The van der Waals surface area contributed by atoms with Crippen molar-refractivity contribution >= 4 is 41.3 Å². The van der Waals surface area contributed by atoms with Gasteiger partial charge in [-0.1, -0.05) is 30.3 Å². The fourth-order valence-electron chi connectivity index (χ4n) is 3.63. The fourth-order valence-corrected chi connectivity index (χ4v) is 4.56. The average molecular weight is 482 g/mol. The molecule has 3 N–H and O–H groups in total. The molecule has 2 atom stereocenters. The highest BCUT2D eigenvalue weighted by atomic mass is 32.2. The number of rotatable bonds is 6. The number of carbonyl (C=O) groups is 4. The maximum atomic E-state index is 12.8. The number of fused-ring (bicyclic) bond motifs is 1. The minimum atomic E-state index is -0.763. The van der Waals surface area contributed by atoms with Crippen LogP contribution in [0.3, 0.4) is 0 Å². The number of hydrogen-bond donors (Lipinski definition) is 3. The zero-order valence-corrected chi connectivity index (χ0v) is 19.4. The van der Waals surface area contributed by atoms with Crippen LogP contribution < -0.4 is 16.0 Å². The Kier molecular flexibility index (Phi) is 6.87. The Bertz CT molecular complexity index is 1180. The highest BCUT2D eigenvalue weighted by Crippen LogP contribution is 2.36. The topological polar surface area (TPSA) is 123 Å². The zero-order chi connectivity index (χ0) is 24.2. The Labute approximate surface area is 200 Å². The summed E-state index contributed by atoms with van der Waals surface area (Å²) in [6.07, 6.45) is 0. The molecule has 2 aliphatic rings. The van der Waals surface area contributed by atoms with E-state index in [2.05, 4.69) is 16.0 Å². The monoisotopic (exact) mass is 481 g/mol. The largest absolute Gasteiger partial charge is 0.463 e. The van der Waals surface area contributed by atoms with Crippen LogP contribution in [0.4, 0.5) is 10.5 Å². The molecule has 0 unspecified atom stereocenters. The van der Waals surface area contributed by atoms with Crippen molar-refractivity contribution < 1.29 is 28.7 Å². The van der Waals surface area contributed by atoms with Gasteiger partial charge in [0.15, 0.2) is 0 Å². The third-order valence-electron chi connectivity index (χ3n) is 5.28. The van der Waals surface area contributed by atoms with E-state index in [1.807, 2.05) is 6.07 Å². The van der Waals surface area contributed by atoms with Crippen LogP contribution in [-0.2, 0) is 19.1 Å². The van der Waals surface area contributed by atoms with Gasteiger partial charge in [0.2, 0.25) is 5.91 Å². The summed E-state index contributed by atoms with van der Waals surface area (Å²) in [4.78, 5) is 50.7. The SMILES string of the molecule is CCOC(=O)C1=C(COC(=O)c2ccc3c(c2)NC(=O)[C@H](C)S3)NC(=O)N[C@@H]1c1ccccc1. The van der Waals surface area contributed by atoms with E-state index in [1.54, 1.807) is 56.3 Å². The number of ether oxygens (including phenoxy) is 2. The van der Waals surface area contributed by atoms with E-state index in [4.69, 9.17) is 9.47 Å². The van der Waals surface area contributed by atoms with Crippen molar-refractivity contribution in [3.63, 3.8) is 0 Å². The first-order valence-corrected chi connectivity index (χ1v) is 11.6. The van der Waals surface area contributed by atoms with Crippen LogP contribution in [0, 0.1) is 0 Å². The molecule has 2 heterocycles. The van der Waals surface area contributed by atoms with Gasteiger partial charge < -0.3 is 25.4 Å². The smallest absolute Gasteiger partial charge is 0.338 e. The molecule has 2 aromatic carbocycles. The van der Waals surface area contributed by atoms with Crippen molar-refractivity contribution in [3.8, 4) is 0 Å². The highest BCUT2D eigenvalue weighted by Gasteiger charge is 2.34. The fraction of sp³-hybridized carbons (Fsp3) is 0.250. The molecule has 34 heavy (non-hydrogen) atoms. The van der Waals surface area contributed by atoms with Crippen LogP contribution >= 0.6 is 11.8 Å². The highest BCUT2D eigenvalue weighted by molar-refractivity contribution is 8.00. The van der Waals surface area contributed by atoms with Crippen LogP contribution in [0.15, 0.2) is 64.7 Å². The van der Waals surface area contributed by atoms with Crippen LogP contribution in [-0.4, -0.2) is 42.3 Å². The van der Waals surface area contributed by atoms with E-state index < -0.39 is 24.0 Å². The van der Waals surface area contributed by atoms with Gasteiger partial charge in [-0.3, -0.25) is 4.79 Å². The molecule has 0 spiro atoms. The summed E-state index contributed by atoms with van der Waals surface area (Å²) in [5.41, 5.74) is 1.74. The number of urea groups is 1. The van der Waals surface area contributed by atoms with Crippen molar-refractivity contribution in [2.75, 3.05) is 18.5 Å². The predicted octanol–water partition coefficient (Wildman–Crippen LogP) is 3.15. The molecule has 0 saturated carbocycles. The molecule has 10 heteroatoms. The molecular weight excluding hydrogens is 458 g/mol. The minimum Gasteiger partial charge on any atom is -0.463 e. The van der Waals surface area contributed by atoms with Gasteiger partial charge in [0, 0.05) is 4.90 Å². The lowest BCUT2D eigenvalue weighted by atomic mass is 9.95. The van der Waals surface area contributed by atoms with E-state index >= 15 is 0 Å². The van der Waals surface area contributed by atoms with Gasteiger partial charge in [-0.2, -0.15) is 0 Å². The summed E-state index contributed by atoms with van der Waals surface area (Å²) >= 11 is 1.41. The Morgan fingerprint density at radius 2 is 1.76 bits per heavy atom. The number of amides is 3. The molecule has 176 valence electrons. The first-order valence-electron chi connectivity index (χ1n) is 10.7. The normalized spacial score (nSPS) is 19.4. The van der Waals surface area contributed by atoms with Crippen molar-refractivity contribution in [1.82, 2.24) is 10.6 Å². The average Bonchev–Trinajstić information content (AvgIpc) is 2.83. The van der Waals surface area contributed by atoms with Gasteiger partial charge >= 0.3 is 18.0 Å². The summed E-state index contributed by atoms with van der Waals surface area (Å²) in [5, 5.41) is 7.84. The Morgan fingerprint density at radius 1 is 1.00 bits per heavy atom. The summed E-state index contributed by atoms with van der Waals surface area (Å²) in [7, 11) is 0. The molecule has 0 saturated heterocycles. The summed E-state index contributed by atoms with van der Waals surface area (Å²) < 4.78 is 10.6. The second kappa shape index (κ2) is 10.0. The van der Waals surface area contributed by atoms with Gasteiger partial charge in [-0.15, -0.1) is 11.8 Å². The second-order valence-corrected chi connectivity index (χ2v) is 8.97. The molecule has 0 aromatic heterocycles. The van der Waals surface area contributed by atoms with Gasteiger partial charge in [0.05, 0.1) is 40.4 Å². The van der Waals surface area contributed by atoms with Crippen molar-refractivity contribution in [2.24, 2.45) is 0 Å². The van der Waals surface area contributed by atoms with Gasteiger partial charge in [-0.25, -0.2) is 14.4 Å². The molecule has 0 radical (unpaired) electrons. The van der Waals surface area contributed by atoms with Crippen molar-refractivity contribution in [2.45, 2.75) is 30.0 Å². The standard InChI is InChI=1S/C24H23N3O6S/c1-3-32-23(30)19-17(26-24(31)27-20(19)14-7-5-4-6-8-14)12-33-22(29)15-9-10-18-16(11-15)25-21(28)13(2)34-18/h4-11,13,20H,3,12H2,1-2H3,(H,25,28)(H2,26,27,31)/t13-,20+/m0/s1. The molecule has 0 bridgehead atoms. The molecule has 9 nitrogen and oxygen atoms in total. The van der Waals surface area contributed by atoms with Gasteiger partial charge in [0.25, 0.3) is 0 Å². The summed E-state index contributed by atoms with van der Waals surface area (Å²) in [6, 6.07) is 12.6. The number of nitrogens with one attached hydrogen (secondary N) is 3. The predicted molar refractivity (Wildman–Crippen MR) is 125 cm³/mol. The first kappa shape index (κ1) is 23.4. The van der Waals surface area contributed by atoms with Crippen molar-refractivity contribution in [3.05, 3.63) is 70.9 Å². The van der Waals surface area contributed by atoms with E-state index in [0.717, 1.165) is 4.90 Å². The third-order valence-corrected chi connectivity index (χ3v) is 6.45. The second-order valence-electron chi connectivity index (χ2n) is 7.59. The number of anilines is 1. The summed E-state index contributed by atoms with van der Waals surface area (Å²) in [5.74, 6) is -1.44. The Balaban J connectivity index is 1.58. The minimum absolute atomic E-state index is 0.139. The van der Waals surface area contributed by atoms with Crippen molar-refractivity contribution in [1.29, 1.82) is 0 Å².